The van der Waals surface area contributed by atoms with Crippen molar-refractivity contribution in [1.29, 1.82) is 0 Å². The molecule has 0 bridgehead atoms. The third-order valence-electron chi connectivity index (χ3n) is 7.43. The Kier molecular flexibility index (Phi) is 7.97. The van der Waals surface area contributed by atoms with Gasteiger partial charge < -0.3 is 15.4 Å². The first-order valence-corrected chi connectivity index (χ1v) is 11.0. The quantitative estimate of drug-likeness (QED) is 0.542. The zero-order valence-corrected chi connectivity index (χ0v) is 17.2. The molecule has 0 heterocycles. The lowest BCUT2D eigenvalue weighted by atomic mass is 9.71. The minimum absolute atomic E-state index is 0.0881. The molecule has 0 saturated heterocycles. The lowest BCUT2D eigenvalue weighted by molar-refractivity contribution is -0.112. The van der Waals surface area contributed by atoms with E-state index in [1.807, 2.05) is 0 Å². The number of carbonyl (C=O) groups excluding carboxylic acids is 2. The Morgan fingerprint density at radius 2 is 1.62 bits per heavy atom. The smallest absolute Gasteiger partial charge is 0.315 e. The van der Waals surface area contributed by atoms with Crippen molar-refractivity contribution < 1.29 is 9.59 Å². The van der Waals surface area contributed by atoms with Gasteiger partial charge in [-0.25, -0.2) is 4.79 Å². The molecule has 2 saturated carbocycles. The summed E-state index contributed by atoms with van der Waals surface area (Å²) in [7, 11) is 0. The minimum Gasteiger partial charge on any atom is -0.335 e. The second-order valence-electron chi connectivity index (χ2n) is 9.15. The van der Waals surface area contributed by atoms with Crippen molar-refractivity contribution in [3.63, 3.8) is 0 Å². The molecule has 0 aliphatic heterocycles. The monoisotopic (exact) mass is 364 g/mol. The van der Waals surface area contributed by atoms with Crippen molar-refractivity contribution in [3.05, 3.63) is 0 Å². The van der Waals surface area contributed by atoms with E-state index in [1.165, 1.54) is 44.9 Å². The zero-order chi connectivity index (χ0) is 19.0. The van der Waals surface area contributed by atoms with E-state index in [0.717, 1.165) is 44.8 Å². The van der Waals surface area contributed by atoms with Crippen LogP contribution in [0.25, 0.3) is 0 Å². The highest BCUT2D eigenvalue weighted by molar-refractivity contribution is 5.78. The lowest BCUT2D eigenvalue weighted by Gasteiger charge is -2.38. The van der Waals surface area contributed by atoms with Gasteiger partial charge >= 0.3 is 6.03 Å². The normalized spacial score (nSPS) is 23.8. The Bertz CT molecular complexity index is 451. The number of nitrogens with one attached hydrogen (secondary N) is 2. The molecule has 2 rings (SSSR count). The summed E-state index contributed by atoms with van der Waals surface area (Å²) in [6.07, 6.45) is 16.4. The Hall–Kier alpha value is -1.06. The standard InChI is InChI=1S/C22H40N2O2/c1-4-18(11-16-22(5-2)14-9-10-15-22)23-20(26)24-19(17-25)21(3)12-7-6-8-13-21/h17-19H,4-16H2,1-3H3,(H2,23,24,26). The van der Waals surface area contributed by atoms with Gasteiger partial charge in [0.05, 0.1) is 6.04 Å². The number of aldehydes is 1. The van der Waals surface area contributed by atoms with Crippen molar-refractivity contribution in [2.24, 2.45) is 10.8 Å². The molecule has 0 radical (unpaired) electrons. The Morgan fingerprint density at radius 1 is 1.00 bits per heavy atom. The molecule has 2 unspecified atom stereocenters. The van der Waals surface area contributed by atoms with Gasteiger partial charge in [-0.15, -0.1) is 0 Å². The molecular weight excluding hydrogens is 324 g/mol. The summed E-state index contributed by atoms with van der Waals surface area (Å²) in [6, 6.07) is -0.347. The fraction of sp³-hybridized carbons (Fsp3) is 0.909. The maximum atomic E-state index is 12.5. The summed E-state index contributed by atoms with van der Waals surface area (Å²) in [5, 5.41) is 6.12. The predicted octanol–water partition coefficient (Wildman–Crippen LogP) is 5.35. The van der Waals surface area contributed by atoms with E-state index in [2.05, 4.69) is 31.4 Å². The van der Waals surface area contributed by atoms with Crippen LogP contribution in [0.4, 0.5) is 4.79 Å². The van der Waals surface area contributed by atoms with Crippen molar-refractivity contribution in [2.45, 2.75) is 116 Å². The molecular formula is C22H40N2O2. The molecule has 0 aromatic carbocycles. The summed E-state index contributed by atoms with van der Waals surface area (Å²) in [5.74, 6) is 0. The van der Waals surface area contributed by atoms with Crippen LogP contribution in [0.15, 0.2) is 0 Å². The highest BCUT2D eigenvalue weighted by Gasteiger charge is 2.37. The average molecular weight is 365 g/mol. The molecule has 4 heteroatoms. The Morgan fingerprint density at radius 3 is 2.15 bits per heavy atom. The van der Waals surface area contributed by atoms with Crippen LogP contribution in [-0.2, 0) is 4.79 Å². The number of carbonyl (C=O) groups is 2. The topological polar surface area (TPSA) is 58.2 Å². The predicted molar refractivity (Wildman–Crippen MR) is 107 cm³/mol. The summed E-state index contributed by atoms with van der Waals surface area (Å²) >= 11 is 0. The molecule has 0 spiro atoms. The fourth-order valence-corrected chi connectivity index (χ4v) is 5.18. The second kappa shape index (κ2) is 9.75. The number of rotatable bonds is 9. The van der Waals surface area contributed by atoms with E-state index < -0.39 is 0 Å². The van der Waals surface area contributed by atoms with Crippen LogP contribution < -0.4 is 10.6 Å². The van der Waals surface area contributed by atoms with Crippen LogP contribution in [0.5, 0.6) is 0 Å². The first-order chi connectivity index (χ1) is 12.5. The highest BCUT2D eigenvalue weighted by Crippen LogP contribution is 2.45. The van der Waals surface area contributed by atoms with Gasteiger partial charge in [0, 0.05) is 6.04 Å². The van der Waals surface area contributed by atoms with Crippen molar-refractivity contribution >= 4 is 12.3 Å². The molecule has 2 atom stereocenters. The van der Waals surface area contributed by atoms with Crippen molar-refractivity contribution in [1.82, 2.24) is 10.6 Å². The van der Waals surface area contributed by atoms with E-state index in [0.29, 0.717) is 5.41 Å². The van der Waals surface area contributed by atoms with Crippen LogP contribution in [0.1, 0.15) is 104 Å². The van der Waals surface area contributed by atoms with Gasteiger partial charge in [-0.05, 0) is 55.8 Å². The zero-order valence-electron chi connectivity index (χ0n) is 17.2. The lowest BCUT2D eigenvalue weighted by Crippen LogP contribution is -2.53. The Labute approximate surface area is 160 Å². The van der Waals surface area contributed by atoms with E-state index in [9.17, 15) is 9.59 Å². The molecule has 2 N–H and O–H groups in total. The maximum absolute atomic E-state index is 12.5. The van der Waals surface area contributed by atoms with Crippen LogP contribution in [0.2, 0.25) is 0 Å². The minimum atomic E-state index is -0.378. The van der Waals surface area contributed by atoms with Gasteiger partial charge in [-0.1, -0.05) is 59.3 Å². The molecule has 2 amide bonds. The molecule has 0 aromatic heterocycles. The third kappa shape index (κ3) is 5.47. The van der Waals surface area contributed by atoms with Crippen molar-refractivity contribution in [3.8, 4) is 0 Å². The summed E-state index contributed by atoms with van der Waals surface area (Å²) in [4.78, 5) is 24.2. The van der Waals surface area contributed by atoms with Gasteiger partial charge in [0.15, 0.2) is 0 Å². The van der Waals surface area contributed by atoms with Crippen molar-refractivity contribution in [2.75, 3.05) is 0 Å². The molecule has 2 aliphatic rings. The Balaban J connectivity index is 1.84. The largest absolute Gasteiger partial charge is 0.335 e. The highest BCUT2D eigenvalue weighted by atomic mass is 16.2. The summed E-state index contributed by atoms with van der Waals surface area (Å²) in [5.41, 5.74) is 0.418. The average Bonchev–Trinajstić information content (AvgIpc) is 3.13. The first kappa shape index (κ1) is 21.2. The van der Waals surface area contributed by atoms with Crippen LogP contribution in [-0.4, -0.2) is 24.4 Å². The van der Waals surface area contributed by atoms with Gasteiger partial charge in [-0.3, -0.25) is 0 Å². The van der Waals surface area contributed by atoms with Crippen LogP contribution in [0, 0.1) is 10.8 Å². The number of amides is 2. The van der Waals surface area contributed by atoms with E-state index in [4.69, 9.17) is 0 Å². The van der Waals surface area contributed by atoms with Crippen LogP contribution in [0.3, 0.4) is 0 Å². The summed E-state index contributed by atoms with van der Waals surface area (Å²) in [6.45, 7) is 6.59. The SMILES string of the molecule is CCC(CCC1(CC)CCCC1)NC(=O)NC(C=O)C1(C)CCCCC1. The molecule has 2 aliphatic carbocycles. The summed E-state index contributed by atoms with van der Waals surface area (Å²) < 4.78 is 0. The van der Waals surface area contributed by atoms with E-state index in [-0.39, 0.29) is 23.5 Å². The number of urea groups is 1. The van der Waals surface area contributed by atoms with E-state index in [1.54, 1.807) is 0 Å². The van der Waals surface area contributed by atoms with Crippen LogP contribution >= 0.6 is 0 Å². The molecule has 2 fully saturated rings. The van der Waals surface area contributed by atoms with Gasteiger partial charge in [-0.2, -0.15) is 0 Å². The third-order valence-corrected chi connectivity index (χ3v) is 7.43. The van der Waals surface area contributed by atoms with E-state index >= 15 is 0 Å². The molecule has 0 aromatic rings. The number of hydrogen-bond donors (Lipinski definition) is 2. The molecule has 4 nitrogen and oxygen atoms in total. The fourth-order valence-electron chi connectivity index (χ4n) is 5.18. The van der Waals surface area contributed by atoms with Gasteiger partial charge in [0.2, 0.25) is 0 Å². The van der Waals surface area contributed by atoms with Gasteiger partial charge in [0.1, 0.15) is 6.29 Å². The second-order valence-corrected chi connectivity index (χ2v) is 9.15. The maximum Gasteiger partial charge on any atom is 0.315 e. The first-order valence-electron chi connectivity index (χ1n) is 11.0. The van der Waals surface area contributed by atoms with Gasteiger partial charge in [0.25, 0.3) is 0 Å². The molecule has 150 valence electrons. The number of hydrogen-bond acceptors (Lipinski definition) is 2. The molecule has 26 heavy (non-hydrogen) atoms.